The molecule has 3 N–H and O–H groups in total. The Hall–Kier alpha value is -0.710. The van der Waals surface area contributed by atoms with E-state index in [0.29, 0.717) is 0 Å². The summed E-state index contributed by atoms with van der Waals surface area (Å²) in [7, 11) is 0. The van der Waals surface area contributed by atoms with Gasteiger partial charge in [0.25, 0.3) is 0 Å². The first kappa shape index (κ1) is 14.3. The number of halogens is 1. The lowest BCUT2D eigenvalue weighted by Gasteiger charge is -2.14. The highest BCUT2D eigenvalue weighted by Crippen LogP contribution is 2.23. The van der Waals surface area contributed by atoms with Gasteiger partial charge < -0.3 is 10.8 Å². The largest absolute Gasteiger partial charge is 0.480 e. The van der Waals surface area contributed by atoms with E-state index in [-0.39, 0.29) is 17.7 Å². The normalized spacial score (nSPS) is 13.7. The quantitative estimate of drug-likeness (QED) is 0.799. The van der Waals surface area contributed by atoms with Crippen LogP contribution < -0.4 is 5.73 Å². The molecule has 84 valence electrons. The van der Waals surface area contributed by atoms with Gasteiger partial charge in [0, 0.05) is 10.1 Å². The van der Waals surface area contributed by atoms with Gasteiger partial charge in [0.2, 0.25) is 0 Å². The molecule has 0 saturated heterocycles. The zero-order chi connectivity index (χ0) is 10.6. The Balaban J connectivity index is 0.00000196. The van der Waals surface area contributed by atoms with E-state index in [4.69, 9.17) is 10.8 Å². The summed E-state index contributed by atoms with van der Waals surface area (Å²) in [6.45, 7) is 1.82. The van der Waals surface area contributed by atoms with Crippen molar-refractivity contribution in [3.63, 3.8) is 0 Å². The van der Waals surface area contributed by atoms with Gasteiger partial charge in [0.1, 0.15) is 6.04 Å². The lowest BCUT2D eigenvalue weighted by Crippen LogP contribution is -2.38. The van der Waals surface area contributed by atoms with E-state index in [0.717, 1.165) is 4.90 Å². The van der Waals surface area contributed by atoms with Crippen molar-refractivity contribution in [1.82, 2.24) is 0 Å². The first-order chi connectivity index (χ1) is 6.61. The van der Waals surface area contributed by atoms with Crippen LogP contribution in [0.3, 0.4) is 0 Å². The van der Waals surface area contributed by atoms with Crippen LogP contribution in [0, 0.1) is 0 Å². The molecule has 0 amide bonds. The van der Waals surface area contributed by atoms with Gasteiger partial charge in [-0.05, 0) is 12.1 Å². The lowest BCUT2D eigenvalue weighted by molar-refractivity contribution is -0.138. The van der Waals surface area contributed by atoms with Crippen LogP contribution in [0.4, 0.5) is 0 Å². The third-order valence-corrected chi connectivity index (χ3v) is 3.07. The second kappa shape index (κ2) is 6.71. The summed E-state index contributed by atoms with van der Waals surface area (Å²) < 4.78 is 0. The Bertz CT molecular complexity index is 308. The topological polar surface area (TPSA) is 63.3 Å². The van der Waals surface area contributed by atoms with Crippen LogP contribution >= 0.6 is 24.2 Å². The molecule has 0 bridgehead atoms. The van der Waals surface area contributed by atoms with Gasteiger partial charge in [-0.1, -0.05) is 25.1 Å². The molecule has 0 saturated carbocycles. The van der Waals surface area contributed by atoms with Crippen LogP contribution in [0.5, 0.6) is 0 Å². The summed E-state index contributed by atoms with van der Waals surface area (Å²) in [4.78, 5) is 11.6. The Morgan fingerprint density at radius 1 is 1.40 bits per heavy atom. The number of hydrogen-bond acceptors (Lipinski definition) is 3. The smallest absolute Gasteiger partial charge is 0.321 e. The van der Waals surface area contributed by atoms with Crippen molar-refractivity contribution in [2.24, 2.45) is 5.73 Å². The van der Waals surface area contributed by atoms with Gasteiger partial charge in [-0.2, -0.15) is 0 Å². The van der Waals surface area contributed by atoms with Crippen molar-refractivity contribution in [1.29, 1.82) is 0 Å². The van der Waals surface area contributed by atoms with E-state index in [1.807, 2.05) is 37.3 Å². The maximum Gasteiger partial charge on any atom is 0.321 e. The van der Waals surface area contributed by atoms with Crippen LogP contribution in [0.15, 0.2) is 35.2 Å². The van der Waals surface area contributed by atoms with Crippen molar-refractivity contribution < 1.29 is 9.90 Å². The molecule has 0 unspecified atom stereocenters. The minimum absolute atomic E-state index is 0. The molecule has 3 nitrogen and oxygen atoms in total. The fourth-order valence-electron chi connectivity index (χ4n) is 0.988. The van der Waals surface area contributed by atoms with Gasteiger partial charge in [-0.15, -0.1) is 24.2 Å². The average molecular weight is 248 g/mol. The fraction of sp³-hybridized carbons (Fsp3) is 0.300. The predicted molar refractivity (Wildman–Crippen MR) is 64.6 cm³/mol. The summed E-state index contributed by atoms with van der Waals surface area (Å²) in [6.07, 6.45) is 0. The Labute approximate surface area is 99.5 Å². The minimum atomic E-state index is -0.957. The molecular weight excluding hydrogens is 234 g/mol. The van der Waals surface area contributed by atoms with E-state index in [9.17, 15) is 4.79 Å². The molecule has 0 aliphatic rings. The van der Waals surface area contributed by atoms with E-state index >= 15 is 0 Å². The van der Waals surface area contributed by atoms with Crippen molar-refractivity contribution in [2.75, 3.05) is 0 Å². The molecule has 0 spiro atoms. The van der Waals surface area contributed by atoms with Crippen LogP contribution in [0.1, 0.15) is 6.92 Å². The standard InChI is InChI=1S/C10H13NO2S.ClH/c1-7(9(11)10(12)13)14-8-5-3-2-4-6-8;/h2-7,9H,11H2,1H3,(H,12,13);1H/t7-,9-;/m0./s1. The van der Waals surface area contributed by atoms with Crippen molar-refractivity contribution in [3.05, 3.63) is 30.3 Å². The highest BCUT2D eigenvalue weighted by Gasteiger charge is 2.20. The Morgan fingerprint density at radius 3 is 2.40 bits per heavy atom. The van der Waals surface area contributed by atoms with Gasteiger partial charge in [0.05, 0.1) is 0 Å². The molecule has 1 aromatic rings. The first-order valence-electron chi connectivity index (χ1n) is 4.31. The monoisotopic (exact) mass is 247 g/mol. The number of carboxylic acid groups (broad SMARTS) is 1. The van der Waals surface area contributed by atoms with Gasteiger partial charge >= 0.3 is 5.97 Å². The zero-order valence-corrected chi connectivity index (χ0v) is 9.92. The third-order valence-electron chi connectivity index (χ3n) is 1.86. The summed E-state index contributed by atoms with van der Waals surface area (Å²) in [5.41, 5.74) is 5.49. The fourth-order valence-corrected chi connectivity index (χ4v) is 1.99. The summed E-state index contributed by atoms with van der Waals surface area (Å²) in [5.74, 6) is -0.957. The molecule has 0 radical (unpaired) electrons. The molecule has 5 heteroatoms. The number of carbonyl (C=O) groups is 1. The van der Waals surface area contributed by atoms with Gasteiger partial charge in [-0.3, -0.25) is 4.79 Å². The number of hydrogen-bond donors (Lipinski definition) is 2. The molecule has 1 rings (SSSR count). The summed E-state index contributed by atoms with van der Waals surface area (Å²) >= 11 is 1.47. The molecule has 0 heterocycles. The summed E-state index contributed by atoms with van der Waals surface area (Å²) in [6, 6.07) is 8.82. The highest BCUT2D eigenvalue weighted by molar-refractivity contribution is 8.00. The van der Waals surface area contributed by atoms with Crippen LogP contribution in [-0.4, -0.2) is 22.4 Å². The zero-order valence-electron chi connectivity index (χ0n) is 8.29. The Morgan fingerprint density at radius 2 is 1.93 bits per heavy atom. The van der Waals surface area contributed by atoms with Crippen molar-refractivity contribution in [3.8, 4) is 0 Å². The molecule has 15 heavy (non-hydrogen) atoms. The molecule has 2 atom stereocenters. The minimum Gasteiger partial charge on any atom is -0.480 e. The number of nitrogens with two attached hydrogens (primary N) is 1. The SMILES string of the molecule is C[C@H](Sc1ccccc1)[C@H](N)C(=O)O.Cl. The number of carboxylic acids is 1. The third kappa shape index (κ3) is 4.55. The highest BCUT2D eigenvalue weighted by atomic mass is 35.5. The van der Waals surface area contributed by atoms with Crippen LogP contribution in [0.25, 0.3) is 0 Å². The number of thioether (sulfide) groups is 1. The predicted octanol–water partition coefficient (Wildman–Crippen LogP) is 2.00. The van der Waals surface area contributed by atoms with E-state index < -0.39 is 12.0 Å². The second-order valence-corrected chi connectivity index (χ2v) is 4.45. The number of aliphatic carboxylic acids is 1. The van der Waals surface area contributed by atoms with Crippen molar-refractivity contribution in [2.45, 2.75) is 23.1 Å². The van der Waals surface area contributed by atoms with Gasteiger partial charge in [-0.25, -0.2) is 0 Å². The number of rotatable bonds is 4. The average Bonchev–Trinajstić information content (AvgIpc) is 2.18. The summed E-state index contributed by atoms with van der Waals surface area (Å²) in [5, 5.41) is 8.56. The number of benzene rings is 1. The van der Waals surface area contributed by atoms with Crippen molar-refractivity contribution >= 4 is 30.1 Å². The molecular formula is C10H14ClNO2S. The van der Waals surface area contributed by atoms with Crippen LogP contribution in [-0.2, 0) is 4.79 Å². The van der Waals surface area contributed by atoms with Crippen LogP contribution in [0.2, 0.25) is 0 Å². The Kier molecular flexibility index (Phi) is 6.40. The maximum atomic E-state index is 10.6. The molecule has 0 aromatic heterocycles. The molecule has 0 aliphatic heterocycles. The van der Waals surface area contributed by atoms with E-state index in [2.05, 4.69) is 0 Å². The molecule has 1 aromatic carbocycles. The molecule has 0 aliphatic carbocycles. The first-order valence-corrected chi connectivity index (χ1v) is 5.19. The maximum absolute atomic E-state index is 10.6. The van der Waals surface area contributed by atoms with Gasteiger partial charge in [0.15, 0.2) is 0 Å². The second-order valence-electron chi connectivity index (χ2n) is 3.00. The lowest BCUT2D eigenvalue weighted by atomic mass is 10.2. The van der Waals surface area contributed by atoms with E-state index in [1.54, 1.807) is 0 Å². The van der Waals surface area contributed by atoms with E-state index in [1.165, 1.54) is 11.8 Å². The molecule has 0 fully saturated rings.